The fourth-order valence-electron chi connectivity index (χ4n) is 0.880. The van der Waals surface area contributed by atoms with Gasteiger partial charge in [0.2, 0.25) is 0 Å². The summed E-state index contributed by atoms with van der Waals surface area (Å²) in [6.07, 6.45) is 1.14. The molecule has 0 N–H and O–H groups in total. The van der Waals surface area contributed by atoms with E-state index >= 15 is 0 Å². The lowest BCUT2D eigenvalue weighted by Gasteiger charge is -1.92. The molecule has 0 radical (unpaired) electrons. The molecule has 1 rings (SSSR count). The molecular weight excluding hydrogens is 176 g/mol. The van der Waals surface area contributed by atoms with Crippen molar-refractivity contribution >= 4 is 0 Å². The second-order valence-electron chi connectivity index (χ2n) is 2.65. The van der Waals surface area contributed by atoms with Crippen LogP contribution in [0, 0.1) is 0 Å². The summed E-state index contributed by atoms with van der Waals surface area (Å²) in [5.74, 6) is 0. The smallest absolute Gasteiger partial charge is 0.0794 e. The van der Waals surface area contributed by atoms with Crippen molar-refractivity contribution < 1.29 is 9.78 Å². The normalized spacial score (nSPS) is 9.07. The fourth-order valence-corrected chi connectivity index (χ4v) is 0.880. The molecule has 2 heteroatoms. The van der Waals surface area contributed by atoms with E-state index in [0.717, 1.165) is 6.42 Å². The Morgan fingerprint density at radius 2 is 1.36 bits per heavy atom. The van der Waals surface area contributed by atoms with Crippen LogP contribution in [0.3, 0.4) is 0 Å². The zero-order chi connectivity index (χ0) is 10.6. The maximum absolute atomic E-state index is 4.48. The lowest BCUT2D eigenvalue weighted by molar-refractivity contribution is -0.287. The molecule has 0 heterocycles. The van der Waals surface area contributed by atoms with Crippen molar-refractivity contribution in [2.24, 2.45) is 0 Å². The Balaban J connectivity index is 0.000000255. The lowest BCUT2D eigenvalue weighted by atomic mass is 10.2. The van der Waals surface area contributed by atoms with Crippen LogP contribution < -0.4 is 0 Å². The molecule has 0 fully saturated rings. The molecule has 0 atom stereocenters. The molecule has 2 nitrogen and oxygen atoms in total. The summed E-state index contributed by atoms with van der Waals surface area (Å²) in [6, 6.07) is 10.5. The van der Waals surface area contributed by atoms with Gasteiger partial charge < -0.3 is 0 Å². The van der Waals surface area contributed by atoms with E-state index in [-0.39, 0.29) is 0 Å². The van der Waals surface area contributed by atoms with Crippen molar-refractivity contribution in [3.8, 4) is 0 Å². The Kier molecular flexibility index (Phi) is 9.59. The van der Waals surface area contributed by atoms with Crippen LogP contribution in [-0.2, 0) is 16.2 Å². The summed E-state index contributed by atoms with van der Waals surface area (Å²) in [5.41, 5.74) is 1.41. The average Bonchev–Trinajstić information content (AvgIpc) is 2.28. The molecule has 14 heavy (non-hydrogen) atoms. The standard InChI is InChI=1S/C8H10.C4H10O2/c1-2-8-6-4-3-5-7-8;1-3-5-6-4-2/h3-7H,2H2,1H3;3-4H2,1-2H3. The maximum atomic E-state index is 4.48. The van der Waals surface area contributed by atoms with Gasteiger partial charge in [-0.2, -0.15) is 0 Å². The highest BCUT2D eigenvalue weighted by atomic mass is 17.2. The first-order valence-corrected chi connectivity index (χ1v) is 5.13. The van der Waals surface area contributed by atoms with Crippen molar-refractivity contribution in [2.75, 3.05) is 13.2 Å². The first-order valence-electron chi connectivity index (χ1n) is 5.13. The van der Waals surface area contributed by atoms with Gasteiger partial charge in [0.05, 0.1) is 13.2 Å². The van der Waals surface area contributed by atoms with Gasteiger partial charge in [-0.3, -0.25) is 0 Å². The average molecular weight is 196 g/mol. The third-order valence-corrected chi connectivity index (χ3v) is 1.57. The third kappa shape index (κ3) is 7.77. The van der Waals surface area contributed by atoms with Crippen molar-refractivity contribution in [1.82, 2.24) is 0 Å². The van der Waals surface area contributed by atoms with Gasteiger partial charge in [0.1, 0.15) is 0 Å². The van der Waals surface area contributed by atoms with E-state index in [2.05, 4.69) is 41.0 Å². The number of hydrogen-bond donors (Lipinski definition) is 0. The Morgan fingerprint density at radius 1 is 0.857 bits per heavy atom. The molecule has 1 aromatic carbocycles. The van der Waals surface area contributed by atoms with Gasteiger partial charge in [-0.25, -0.2) is 9.78 Å². The molecule has 0 saturated heterocycles. The van der Waals surface area contributed by atoms with E-state index in [0.29, 0.717) is 13.2 Å². The van der Waals surface area contributed by atoms with Crippen LogP contribution in [0.15, 0.2) is 30.3 Å². The van der Waals surface area contributed by atoms with Crippen LogP contribution in [0.25, 0.3) is 0 Å². The molecule has 80 valence electrons. The van der Waals surface area contributed by atoms with E-state index in [1.54, 1.807) is 0 Å². The van der Waals surface area contributed by atoms with Gasteiger partial charge in [0.25, 0.3) is 0 Å². The maximum Gasteiger partial charge on any atom is 0.0794 e. The largest absolute Gasteiger partial charge is 0.237 e. The van der Waals surface area contributed by atoms with Crippen LogP contribution in [-0.4, -0.2) is 13.2 Å². The van der Waals surface area contributed by atoms with Crippen molar-refractivity contribution in [1.29, 1.82) is 0 Å². The first-order chi connectivity index (χ1) is 6.85. The topological polar surface area (TPSA) is 18.5 Å². The van der Waals surface area contributed by atoms with E-state index in [4.69, 9.17) is 0 Å². The second-order valence-corrected chi connectivity index (χ2v) is 2.65. The van der Waals surface area contributed by atoms with Crippen LogP contribution in [0.5, 0.6) is 0 Å². The van der Waals surface area contributed by atoms with Crippen LogP contribution in [0.2, 0.25) is 0 Å². The minimum Gasteiger partial charge on any atom is -0.237 e. The lowest BCUT2D eigenvalue weighted by Crippen LogP contribution is -1.90. The SMILES string of the molecule is CCOOCC.CCc1ccccc1. The Hall–Kier alpha value is -0.860. The van der Waals surface area contributed by atoms with Crippen molar-refractivity contribution in [3.05, 3.63) is 35.9 Å². The molecule has 0 bridgehead atoms. The number of aryl methyl sites for hydroxylation is 1. The summed E-state index contributed by atoms with van der Waals surface area (Å²) in [6.45, 7) is 7.20. The molecule has 0 aliphatic carbocycles. The summed E-state index contributed by atoms with van der Waals surface area (Å²) >= 11 is 0. The van der Waals surface area contributed by atoms with Gasteiger partial charge in [-0.15, -0.1) is 0 Å². The van der Waals surface area contributed by atoms with Crippen molar-refractivity contribution in [2.45, 2.75) is 27.2 Å². The highest BCUT2D eigenvalue weighted by Gasteiger charge is 1.79. The molecule has 1 aromatic rings. The van der Waals surface area contributed by atoms with Crippen LogP contribution in [0.1, 0.15) is 26.3 Å². The van der Waals surface area contributed by atoms with Crippen molar-refractivity contribution in [3.63, 3.8) is 0 Å². The highest BCUT2D eigenvalue weighted by molar-refractivity contribution is 5.13. The van der Waals surface area contributed by atoms with E-state index in [1.807, 2.05) is 19.9 Å². The Morgan fingerprint density at radius 3 is 1.64 bits per heavy atom. The molecule has 0 aliphatic rings. The quantitative estimate of drug-likeness (QED) is 0.418. The minimum atomic E-state index is 0.633. The van der Waals surface area contributed by atoms with Gasteiger partial charge in [0, 0.05) is 0 Å². The molecule has 0 spiro atoms. The molecule has 0 unspecified atom stereocenters. The molecule has 0 aliphatic heterocycles. The number of benzene rings is 1. The predicted molar refractivity (Wildman–Crippen MR) is 59.1 cm³/mol. The van der Waals surface area contributed by atoms with E-state index in [9.17, 15) is 0 Å². The third-order valence-electron chi connectivity index (χ3n) is 1.57. The molecule has 0 aromatic heterocycles. The zero-order valence-corrected chi connectivity index (χ0v) is 9.32. The fraction of sp³-hybridized carbons (Fsp3) is 0.500. The zero-order valence-electron chi connectivity index (χ0n) is 9.32. The summed E-state index contributed by atoms with van der Waals surface area (Å²) < 4.78 is 0. The second kappa shape index (κ2) is 10.2. The first kappa shape index (κ1) is 13.1. The van der Waals surface area contributed by atoms with E-state index < -0.39 is 0 Å². The van der Waals surface area contributed by atoms with Gasteiger partial charge in [-0.05, 0) is 25.8 Å². The predicted octanol–water partition coefficient (Wildman–Crippen LogP) is 3.22. The molecular formula is C12H20O2. The molecule has 0 saturated carbocycles. The Bertz CT molecular complexity index is 193. The van der Waals surface area contributed by atoms with Crippen LogP contribution >= 0.6 is 0 Å². The van der Waals surface area contributed by atoms with Gasteiger partial charge in [-0.1, -0.05) is 37.3 Å². The number of rotatable bonds is 4. The van der Waals surface area contributed by atoms with E-state index in [1.165, 1.54) is 5.56 Å². The minimum absolute atomic E-state index is 0.633. The monoisotopic (exact) mass is 196 g/mol. The van der Waals surface area contributed by atoms with Gasteiger partial charge >= 0.3 is 0 Å². The number of hydrogen-bond acceptors (Lipinski definition) is 2. The summed E-state index contributed by atoms with van der Waals surface area (Å²) in [7, 11) is 0. The van der Waals surface area contributed by atoms with Gasteiger partial charge in [0.15, 0.2) is 0 Å². The van der Waals surface area contributed by atoms with Crippen LogP contribution in [0.4, 0.5) is 0 Å². The molecule has 0 amide bonds. The highest BCUT2D eigenvalue weighted by Crippen LogP contribution is 1.96. The summed E-state index contributed by atoms with van der Waals surface area (Å²) in [4.78, 5) is 8.97. The Labute approximate surface area is 86.8 Å². The summed E-state index contributed by atoms with van der Waals surface area (Å²) in [5, 5.41) is 0.